The molecule has 1 aliphatic rings. The van der Waals surface area contributed by atoms with Crippen LogP contribution in [0.3, 0.4) is 0 Å². The zero-order chi connectivity index (χ0) is 19.9. The molecule has 1 unspecified atom stereocenters. The smallest absolute Gasteiger partial charge is 0.119 e. The average Bonchev–Trinajstić information content (AvgIpc) is 3.05. The normalized spacial score (nSPS) is 16.2. The molecule has 29 heavy (non-hydrogen) atoms. The SMILES string of the molecule is Clc1ccc(C(c2ccc(OCc3ccccc3)cc2)N2CCCNCC2)cc1. The Labute approximate surface area is 178 Å². The third-order valence-corrected chi connectivity index (χ3v) is 5.62. The van der Waals surface area contributed by atoms with E-state index >= 15 is 0 Å². The molecule has 3 nitrogen and oxygen atoms in total. The molecule has 0 bridgehead atoms. The molecule has 1 aliphatic heterocycles. The average molecular weight is 407 g/mol. The summed E-state index contributed by atoms with van der Waals surface area (Å²) in [5.74, 6) is 0.894. The standard InChI is InChI=1S/C25H27ClN2O/c26-23-11-7-21(8-12-23)25(28-17-4-15-27-16-18-28)22-9-13-24(14-10-22)29-19-20-5-2-1-3-6-20/h1-3,5-14,25,27H,4,15-19H2. The van der Waals surface area contributed by atoms with Crippen LogP contribution in [0.2, 0.25) is 5.02 Å². The van der Waals surface area contributed by atoms with Crippen LogP contribution < -0.4 is 10.1 Å². The lowest BCUT2D eigenvalue weighted by Crippen LogP contribution is -2.33. The van der Waals surface area contributed by atoms with Crippen LogP contribution in [0.4, 0.5) is 0 Å². The minimum atomic E-state index is 0.218. The predicted molar refractivity (Wildman–Crippen MR) is 120 cm³/mol. The summed E-state index contributed by atoms with van der Waals surface area (Å²) in [7, 11) is 0. The van der Waals surface area contributed by atoms with E-state index < -0.39 is 0 Å². The van der Waals surface area contributed by atoms with Gasteiger partial charge in [0.25, 0.3) is 0 Å². The summed E-state index contributed by atoms with van der Waals surface area (Å²) >= 11 is 6.14. The Morgan fingerprint density at radius 3 is 2.24 bits per heavy atom. The van der Waals surface area contributed by atoms with E-state index in [1.807, 2.05) is 30.3 Å². The summed E-state index contributed by atoms with van der Waals surface area (Å²) in [5.41, 5.74) is 3.73. The Bertz CT molecular complexity index is 873. The van der Waals surface area contributed by atoms with Crippen molar-refractivity contribution in [3.63, 3.8) is 0 Å². The maximum Gasteiger partial charge on any atom is 0.119 e. The zero-order valence-corrected chi connectivity index (χ0v) is 17.3. The molecule has 0 amide bonds. The van der Waals surface area contributed by atoms with E-state index in [-0.39, 0.29) is 6.04 Å². The highest BCUT2D eigenvalue weighted by molar-refractivity contribution is 6.30. The highest BCUT2D eigenvalue weighted by Crippen LogP contribution is 2.31. The van der Waals surface area contributed by atoms with Crippen molar-refractivity contribution in [2.45, 2.75) is 19.1 Å². The second-order valence-electron chi connectivity index (χ2n) is 7.44. The van der Waals surface area contributed by atoms with Gasteiger partial charge in [-0.25, -0.2) is 0 Å². The number of ether oxygens (including phenoxy) is 1. The van der Waals surface area contributed by atoms with Gasteiger partial charge in [-0.2, -0.15) is 0 Å². The van der Waals surface area contributed by atoms with Crippen molar-refractivity contribution in [3.8, 4) is 5.75 Å². The Balaban J connectivity index is 1.54. The van der Waals surface area contributed by atoms with E-state index in [9.17, 15) is 0 Å². The van der Waals surface area contributed by atoms with E-state index in [0.29, 0.717) is 6.61 Å². The molecule has 4 rings (SSSR count). The lowest BCUT2D eigenvalue weighted by atomic mass is 9.96. The Morgan fingerprint density at radius 1 is 0.828 bits per heavy atom. The van der Waals surface area contributed by atoms with Crippen molar-refractivity contribution in [2.75, 3.05) is 26.2 Å². The van der Waals surface area contributed by atoms with Crippen LogP contribution in [0.15, 0.2) is 78.9 Å². The van der Waals surface area contributed by atoms with E-state index in [1.165, 1.54) is 16.7 Å². The summed E-state index contributed by atoms with van der Waals surface area (Å²) in [4.78, 5) is 2.56. The van der Waals surface area contributed by atoms with Crippen LogP contribution in [0.1, 0.15) is 29.2 Å². The molecule has 0 saturated carbocycles. The van der Waals surface area contributed by atoms with E-state index in [1.54, 1.807) is 0 Å². The van der Waals surface area contributed by atoms with Gasteiger partial charge >= 0.3 is 0 Å². The molecule has 3 aromatic rings. The van der Waals surface area contributed by atoms with Gasteiger partial charge in [-0.3, -0.25) is 4.90 Å². The van der Waals surface area contributed by atoms with Gasteiger partial charge in [0.05, 0.1) is 6.04 Å². The first-order valence-corrected chi connectivity index (χ1v) is 10.6. The Morgan fingerprint density at radius 2 is 1.52 bits per heavy atom. The minimum Gasteiger partial charge on any atom is -0.489 e. The van der Waals surface area contributed by atoms with Gasteiger partial charge in [-0.15, -0.1) is 0 Å². The van der Waals surface area contributed by atoms with Gasteiger partial charge in [-0.1, -0.05) is 66.2 Å². The fourth-order valence-electron chi connectivity index (χ4n) is 3.87. The first-order chi connectivity index (χ1) is 14.3. The molecule has 0 radical (unpaired) electrons. The summed E-state index contributed by atoms with van der Waals surface area (Å²) in [6.07, 6.45) is 1.16. The highest BCUT2D eigenvalue weighted by atomic mass is 35.5. The molecule has 150 valence electrons. The lowest BCUT2D eigenvalue weighted by molar-refractivity contribution is 0.241. The van der Waals surface area contributed by atoms with Gasteiger partial charge in [0.15, 0.2) is 0 Å². The number of hydrogen-bond acceptors (Lipinski definition) is 3. The predicted octanol–water partition coefficient (Wildman–Crippen LogP) is 5.30. The fraction of sp³-hybridized carbons (Fsp3) is 0.280. The van der Waals surface area contributed by atoms with Crippen molar-refractivity contribution in [1.82, 2.24) is 10.2 Å². The van der Waals surface area contributed by atoms with Crippen LogP contribution >= 0.6 is 11.6 Å². The minimum absolute atomic E-state index is 0.218. The summed E-state index contributed by atoms with van der Waals surface area (Å²) < 4.78 is 5.97. The van der Waals surface area contributed by atoms with Gasteiger partial charge in [-0.05, 0) is 53.9 Å². The van der Waals surface area contributed by atoms with Crippen molar-refractivity contribution < 1.29 is 4.74 Å². The highest BCUT2D eigenvalue weighted by Gasteiger charge is 2.23. The van der Waals surface area contributed by atoms with Crippen LogP contribution in [-0.2, 0) is 6.61 Å². The molecule has 1 fully saturated rings. The maximum absolute atomic E-state index is 6.14. The molecule has 1 saturated heterocycles. The van der Waals surface area contributed by atoms with Crippen LogP contribution in [0.5, 0.6) is 5.75 Å². The Hall–Kier alpha value is -2.33. The largest absolute Gasteiger partial charge is 0.489 e. The summed E-state index contributed by atoms with van der Waals surface area (Å²) in [6.45, 7) is 4.78. The van der Waals surface area contributed by atoms with Gasteiger partial charge < -0.3 is 10.1 Å². The molecule has 1 N–H and O–H groups in total. The maximum atomic E-state index is 6.14. The van der Waals surface area contributed by atoms with Crippen molar-refractivity contribution >= 4 is 11.6 Å². The molecular formula is C25H27ClN2O. The summed E-state index contributed by atoms with van der Waals surface area (Å²) in [6, 6.07) is 27.3. The molecule has 1 heterocycles. The quantitative estimate of drug-likeness (QED) is 0.600. The molecule has 0 spiro atoms. The number of rotatable bonds is 6. The first kappa shape index (κ1) is 20.0. The van der Waals surface area contributed by atoms with Gasteiger partial charge in [0, 0.05) is 24.7 Å². The number of nitrogens with zero attached hydrogens (tertiary/aromatic N) is 1. The first-order valence-electron chi connectivity index (χ1n) is 10.3. The van der Waals surface area contributed by atoms with Crippen molar-refractivity contribution in [2.24, 2.45) is 0 Å². The molecule has 4 heteroatoms. The van der Waals surface area contributed by atoms with Crippen LogP contribution in [0.25, 0.3) is 0 Å². The topological polar surface area (TPSA) is 24.5 Å². The molecule has 0 aliphatic carbocycles. The van der Waals surface area contributed by atoms with Gasteiger partial charge in [0.2, 0.25) is 0 Å². The zero-order valence-electron chi connectivity index (χ0n) is 16.6. The van der Waals surface area contributed by atoms with E-state index in [4.69, 9.17) is 16.3 Å². The van der Waals surface area contributed by atoms with Crippen LogP contribution in [-0.4, -0.2) is 31.1 Å². The van der Waals surface area contributed by atoms with Crippen LogP contribution in [0, 0.1) is 0 Å². The van der Waals surface area contributed by atoms with Gasteiger partial charge in [0.1, 0.15) is 12.4 Å². The monoisotopic (exact) mass is 406 g/mol. The molecule has 3 aromatic carbocycles. The van der Waals surface area contributed by atoms with Crippen molar-refractivity contribution in [1.29, 1.82) is 0 Å². The number of nitrogens with one attached hydrogen (secondary N) is 1. The second-order valence-corrected chi connectivity index (χ2v) is 7.87. The van der Waals surface area contributed by atoms with Crippen molar-refractivity contribution in [3.05, 3.63) is 101 Å². The molecule has 0 aromatic heterocycles. The van der Waals surface area contributed by atoms with E-state index in [0.717, 1.165) is 43.4 Å². The second kappa shape index (κ2) is 9.93. The number of halogens is 1. The van der Waals surface area contributed by atoms with E-state index in [2.05, 4.69) is 58.7 Å². The number of benzene rings is 3. The molecular weight excluding hydrogens is 380 g/mol. The fourth-order valence-corrected chi connectivity index (χ4v) is 4.00. The summed E-state index contributed by atoms with van der Waals surface area (Å²) in [5, 5.41) is 4.28. The third-order valence-electron chi connectivity index (χ3n) is 5.37. The third kappa shape index (κ3) is 5.39. The Kier molecular flexibility index (Phi) is 6.83. The number of hydrogen-bond donors (Lipinski definition) is 1. The molecule has 1 atom stereocenters. The lowest BCUT2D eigenvalue weighted by Gasteiger charge is -2.31.